The standard InChI is InChI=1S/C59H86N6O17S4/c1-6-7-8-9-21-35-65-50-30-28-44(86(80,81)82)38-46(50)59(5)31-18-11-16-26-55(68)62-48(41-85(77,78)79)57(70)63-47(40-84(74,75)76)51(66)37-43(39-83(71,72)73)56(69)61-33-20-13-19-32-60-54(67)25-17-12-22-34-64-49-29-27-42(2)36-45(49)58(3,4)52(64)23-14-10-15-24-53(59)65/h10,14-15,23-24,27-30,36,38,43,47-48H,6-9,11-13,16-22,25-26,31-35,37,39-41H2,1-5H3,(H7-,60,61,62,63,67,68,69,70,71,72,73,74,75,76,77,78,79,80,81,82)/p+1. The van der Waals surface area contributed by atoms with Gasteiger partial charge in [0.2, 0.25) is 29.3 Å². The van der Waals surface area contributed by atoms with E-state index in [-0.39, 0.29) is 35.6 Å². The number of fused-ring (bicyclic) bond motifs is 5. The Kier molecular flexibility index (Phi) is 26.0. The van der Waals surface area contributed by atoms with Gasteiger partial charge in [0.1, 0.15) is 30.1 Å². The maximum Gasteiger partial charge on any atom is 0.294 e. The van der Waals surface area contributed by atoms with Gasteiger partial charge in [-0.05, 0) is 115 Å². The molecule has 86 heavy (non-hydrogen) atoms. The van der Waals surface area contributed by atoms with E-state index in [1.807, 2.05) is 36.5 Å². The van der Waals surface area contributed by atoms with E-state index in [1.165, 1.54) is 17.7 Å². The first-order valence-electron chi connectivity index (χ1n) is 29.5. The fourth-order valence-electron chi connectivity index (χ4n) is 11.5. The molecular weight excluding hydrogens is 1190 g/mol. The summed E-state index contributed by atoms with van der Waals surface area (Å²) in [5.41, 5.74) is 5.64. The van der Waals surface area contributed by atoms with Gasteiger partial charge >= 0.3 is 0 Å². The highest BCUT2D eigenvalue weighted by atomic mass is 32.2. The van der Waals surface area contributed by atoms with Gasteiger partial charge in [-0.25, -0.2) is 0 Å². The zero-order valence-electron chi connectivity index (χ0n) is 49.9. The number of hydrogen-bond donors (Lipinski definition) is 8. The van der Waals surface area contributed by atoms with Crippen molar-refractivity contribution in [3.05, 3.63) is 89.2 Å². The Morgan fingerprint density at radius 1 is 0.628 bits per heavy atom. The number of amides is 4. The number of nitrogens with one attached hydrogen (secondary N) is 4. The number of aryl methyl sites for hydroxylation is 1. The molecule has 0 bridgehead atoms. The van der Waals surface area contributed by atoms with Crippen molar-refractivity contribution < 1.29 is 80.4 Å². The van der Waals surface area contributed by atoms with Crippen LogP contribution in [0.1, 0.15) is 160 Å². The van der Waals surface area contributed by atoms with Crippen LogP contribution in [0.15, 0.2) is 77.4 Å². The minimum Gasteiger partial charge on any atom is -0.356 e. The van der Waals surface area contributed by atoms with Gasteiger partial charge in [-0.15, -0.1) is 0 Å². The summed E-state index contributed by atoms with van der Waals surface area (Å²) in [7, 11) is -19.8. The smallest absolute Gasteiger partial charge is 0.294 e. The quantitative estimate of drug-likeness (QED) is 0.0603. The number of benzene rings is 2. The molecule has 2 aromatic rings. The first-order valence-corrected chi connectivity index (χ1v) is 35.7. The van der Waals surface area contributed by atoms with E-state index in [1.54, 1.807) is 6.07 Å². The van der Waals surface area contributed by atoms with E-state index < -0.39 is 111 Å². The van der Waals surface area contributed by atoms with Gasteiger partial charge in [-0.2, -0.15) is 38.2 Å². The van der Waals surface area contributed by atoms with E-state index in [0.717, 1.165) is 73.3 Å². The molecule has 0 aromatic heterocycles. The van der Waals surface area contributed by atoms with E-state index in [4.69, 9.17) is 0 Å². The Hall–Kier alpha value is -5.68. The number of nitrogens with zero attached hydrogens (tertiary/aromatic N) is 2. The van der Waals surface area contributed by atoms with Crippen molar-refractivity contribution in [3.63, 3.8) is 0 Å². The molecule has 3 heterocycles. The number of rotatable bonds is 13. The number of allylic oxidation sites excluding steroid dienone is 6. The summed E-state index contributed by atoms with van der Waals surface area (Å²) in [6, 6.07) is 6.59. The zero-order chi connectivity index (χ0) is 63.7. The molecule has 4 atom stereocenters. The summed E-state index contributed by atoms with van der Waals surface area (Å²) in [4.78, 5) is 68.9. The molecule has 4 amide bonds. The largest absolute Gasteiger partial charge is 0.356 e. The molecule has 478 valence electrons. The summed E-state index contributed by atoms with van der Waals surface area (Å²) < 4.78 is 140. The lowest BCUT2D eigenvalue weighted by Crippen LogP contribution is -2.56. The molecule has 4 unspecified atom stereocenters. The maximum absolute atomic E-state index is 13.7. The Morgan fingerprint density at radius 3 is 1.92 bits per heavy atom. The second kappa shape index (κ2) is 31.5. The second-order valence-corrected chi connectivity index (χ2v) is 29.3. The van der Waals surface area contributed by atoms with Crippen LogP contribution in [-0.2, 0) is 75.3 Å². The molecule has 0 saturated carbocycles. The predicted molar refractivity (Wildman–Crippen MR) is 328 cm³/mol. The molecule has 3 aliphatic rings. The second-order valence-electron chi connectivity index (χ2n) is 23.4. The normalized spacial score (nSPS) is 22.9. The summed E-state index contributed by atoms with van der Waals surface area (Å²) in [5.74, 6) is -11.1. The fraction of sp³-hybridized carbons (Fsp3) is 0.593. The van der Waals surface area contributed by atoms with E-state index in [0.29, 0.717) is 76.6 Å². The number of Topliss-reactive ketones (excluding diaryl/α,β-unsaturated/α-hetero) is 1. The lowest BCUT2D eigenvalue weighted by Gasteiger charge is -2.30. The number of hydrogen-bond acceptors (Lipinski definition) is 14. The molecule has 0 saturated heterocycles. The van der Waals surface area contributed by atoms with Crippen LogP contribution in [0.3, 0.4) is 0 Å². The summed E-state index contributed by atoms with van der Waals surface area (Å²) >= 11 is 0. The molecule has 27 heteroatoms. The molecule has 23 nitrogen and oxygen atoms in total. The van der Waals surface area contributed by atoms with Crippen molar-refractivity contribution in [1.82, 2.24) is 21.3 Å². The monoisotopic (exact) mass is 1280 g/mol. The summed E-state index contributed by atoms with van der Waals surface area (Å²) in [6.45, 7) is 12.2. The Labute approximate surface area is 507 Å². The lowest BCUT2D eigenvalue weighted by atomic mass is 9.77. The highest BCUT2D eigenvalue weighted by molar-refractivity contribution is 7.86. The number of unbranched alkanes of at least 4 members (excludes halogenated alkanes) is 4. The van der Waals surface area contributed by atoms with Crippen LogP contribution >= 0.6 is 0 Å². The van der Waals surface area contributed by atoms with Gasteiger partial charge in [0.15, 0.2) is 11.5 Å². The Balaban J connectivity index is 1.49. The van der Waals surface area contributed by atoms with Gasteiger partial charge in [-0.1, -0.05) is 75.3 Å². The lowest BCUT2D eigenvalue weighted by molar-refractivity contribution is -0.438. The van der Waals surface area contributed by atoms with Crippen LogP contribution in [0.4, 0.5) is 11.4 Å². The minimum absolute atomic E-state index is 0.0421. The molecule has 8 N–H and O–H groups in total. The topological polar surface area (TPSA) is 357 Å². The molecule has 5 rings (SSSR count). The van der Waals surface area contributed by atoms with Crippen molar-refractivity contribution in [3.8, 4) is 0 Å². The minimum atomic E-state index is -5.15. The maximum atomic E-state index is 13.7. The van der Waals surface area contributed by atoms with Crippen LogP contribution in [0.25, 0.3) is 0 Å². The van der Waals surface area contributed by atoms with Crippen molar-refractivity contribution in [2.45, 2.75) is 178 Å². The van der Waals surface area contributed by atoms with Crippen LogP contribution in [0.5, 0.6) is 0 Å². The first-order chi connectivity index (χ1) is 40.2. The Bertz CT molecular complexity index is 3380. The molecule has 0 aliphatic carbocycles. The van der Waals surface area contributed by atoms with E-state index in [9.17, 15) is 75.9 Å². The summed E-state index contributed by atoms with van der Waals surface area (Å²) in [6.07, 6.45) is 18.7. The molecule has 2 aromatic carbocycles. The zero-order valence-corrected chi connectivity index (χ0v) is 53.2. The average molecular weight is 1280 g/mol. The van der Waals surface area contributed by atoms with E-state index in [2.05, 4.69) is 77.4 Å². The van der Waals surface area contributed by atoms with Gasteiger partial charge < -0.3 is 26.2 Å². The van der Waals surface area contributed by atoms with Crippen molar-refractivity contribution in [1.29, 1.82) is 0 Å². The van der Waals surface area contributed by atoms with Crippen molar-refractivity contribution in [2.75, 3.05) is 48.3 Å². The Morgan fingerprint density at radius 2 is 1.26 bits per heavy atom. The molecule has 3 aliphatic heterocycles. The van der Waals surface area contributed by atoms with Crippen LogP contribution < -0.4 is 26.2 Å². The number of carbonyl (C=O) groups excluding carboxylic acids is 5. The highest BCUT2D eigenvalue weighted by Gasteiger charge is 2.45. The van der Waals surface area contributed by atoms with Gasteiger partial charge in [0.05, 0.1) is 22.0 Å². The van der Waals surface area contributed by atoms with Gasteiger partial charge in [0.25, 0.3) is 40.5 Å². The number of ketones is 1. The molecule has 0 spiro atoms. The third-order valence-corrected chi connectivity index (χ3v) is 19.1. The third kappa shape index (κ3) is 21.6. The number of carbonyl (C=O) groups is 5. The number of anilines is 1. The molecule has 0 fully saturated rings. The van der Waals surface area contributed by atoms with Gasteiger partial charge in [-0.3, -0.25) is 42.2 Å². The highest BCUT2D eigenvalue weighted by Crippen LogP contribution is 2.51. The third-order valence-electron chi connectivity index (χ3n) is 16.0. The average Bonchev–Trinajstić information content (AvgIpc) is 1.67. The molecular formula is C59H87N6O17S4+. The van der Waals surface area contributed by atoms with Gasteiger partial charge in [0, 0.05) is 79.8 Å². The van der Waals surface area contributed by atoms with Crippen molar-refractivity contribution in [2.24, 2.45) is 5.92 Å². The van der Waals surface area contributed by atoms with Crippen LogP contribution in [0, 0.1) is 12.8 Å². The molecule has 0 radical (unpaired) electrons. The van der Waals surface area contributed by atoms with Crippen LogP contribution in [0.2, 0.25) is 0 Å². The first kappa shape index (κ1) is 71.1. The van der Waals surface area contributed by atoms with Crippen LogP contribution in [-0.4, -0.2) is 147 Å². The summed E-state index contributed by atoms with van der Waals surface area (Å²) in [5, 5.41) is 9.50. The van der Waals surface area contributed by atoms with E-state index >= 15 is 0 Å². The van der Waals surface area contributed by atoms with Crippen molar-refractivity contribution >= 4 is 87.0 Å². The fourth-order valence-corrected chi connectivity index (χ4v) is 14.1. The predicted octanol–water partition coefficient (Wildman–Crippen LogP) is 6.50. The SMILES string of the molecule is CCCCCCCN1C2=CC=CC=CC3=[N+](CCCCCC(=O)NCCCCCNC(=O)C(CS(=O)(=O)O)CC(=O)C(CS(=O)(=O)O)NC(=O)C(CS(=O)(=O)O)NC(=O)CCCCCC2(C)c2cc(S(=O)(=O)O)ccc21)c1ccc(C)cc1C3(C)C.